The first-order valence-electron chi connectivity index (χ1n) is 3.72. The molecule has 0 N–H and O–H groups in total. The molecule has 62 valence electrons. The topological polar surface area (TPSA) is 0 Å². The van der Waals surface area contributed by atoms with Gasteiger partial charge in [-0.1, -0.05) is 20.8 Å². The van der Waals surface area contributed by atoms with E-state index in [2.05, 4.69) is 48.8 Å². The molecule has 0 saturated carbocycles. The minimum Gasteiger partial charge on any atom is -0.133 e. The predicted molar refractivity (Wildman–Crippen MR) is 55.2 cm³/mol. The molecule has 0 atom stereocenters. The number of hydrogen-bond acceptors (Lipinski definition) is 1. The van der Waals surface area contributed by atoms with Gasteiger partial charge in [-0.15, -0.1) is 11.3 Å². The van der Waals surface area contributed by atoms with Crippen molar-refractivity contribution in [3.05, 3.63) is 20.8 Å². The fourth-order valence-electron chi connectivity index (χ4n) is 0.969. The molecular formula is C9H13BrS. The van der Waals surface area contributed by atoms with Gasteiger partial charge in [0.25, 0.3) is 0 Å². The van der Waals surface area contributed by atoms with E-state index in [1.807, 2.05) is 11.3 Å². The third-order valence-electron chi connectivity index (χ3n) is 1.33. The fraction of sp³-hybridized carbons (Fsp3) is 0.556. The molecule has 0 spiro atoms. The number of hydrogen-bond donors (Lipinski definition) is 0. The largest absolute Gasteiger partial charge is 0.133 e. The van der Waals surface area contributed by atoms with Gasteiger partial charge in [-0.25, -0.2) is 0 Å². The highest BCUT2D eigenvalue weighted by Crippen LogP contribution is 2.28. The molecule has 1 heterocycles. The van der Waals surface area contributed by atoms with Crippen LogP contribution in [0.25, 0.3) is 0 Å². The number of thiophene rings is 1. The first-order chi connectivity index (χ1) is 4.97. The van der Waals surface area contributed by atoms with E-state index < -0.39 is 0 Å². The SMILES string of the molecule is CC(C)(C)Cc1ccc(Br)s1. The van der Waals surface area contributed by atoms with E-state index in [0.717, 1.165) is 0 Å². The molecular weight excluding hydrogens is 220 g/mol. The molecule has 0 aliphatic carbocycles. The monoisotopic (exact) mass is 232 g/mol. The summed E-state index contributed by atoms with van der Waals surface area (Å²) in [6.07, 6.45) is 1.17. The first kappa shape index (κ1) is 9.27. The van der Waals surface area contributed by atoms with Crippen LogP contribution in [0.15, 0.2) is 15.9 Å². The van der Waals surface area contributed by atoms with E-state index in [1.165, 1.54) is 15.1 Å². The lowest BCUT2D eigenvalue weighted by atomic mass is 9.92. The van der Waals surface area contributed by atoms with Gasteiger partial charge in [0.05, 0.1) is 3.79 Å². The van der Waals surface area contributed by atoms with Gasteiger partial charge in [0.2, 0.25) is 0 Å². The van der Waals surface area contributed by atoms with Crippen molar-refractivity contribution in [3.63, 3.8) is 0 Å². The van der Waals surface area contributed by atoms with Gasteiger partial charge in [0.15, 0.2) is 0 Å². The molecule has 0 bridgehead atoms. The van der Waals surface area contributed by atoms with Crippen LogP contribution < -0.4 is 0 Å². The highest BCUT2D eigenvalue weighted by molar-refractivity contribution is 9.11. The average Bonchev–Trinajstić information content (AvgIpc) is 2.10. The van der Waals surface area contributed by atoms with Crippen molar-refractivity contribution in [1.82, 2.24) is 0 Å². The van der Waals surface area contributed by atoms with Gasteiger partial charge < -0.3 is 0 Å². The minimum atomic E-state index is 0.407. The Balaban J connectivity index is 2.65. The summed E-state index contributed by atoms with van der Waals surface area (Å²) in [5.41, 5.74) is 0.407. The molecule has 0 radical (unpaired) electrons. The highest BCUT2D eigenvalue weighted by Gasteiger charge is 2.12. The van der Waals surface area contributed by atoms with Crippen LogP contribution in [0, 0.1) is 5.41 Å². The Morgan fingerprint density at radius 3 is 2.36 bits per heavy atom. The molecule has 0 aliphatic heterocycles. The molecule has 0 saturated heterocycles. The van der Waals surface area contributed by atoms with Crippen molar-refractivity contribution >= 4 is 27.3 Å². The second-order valence-electron chi connectivity index (χ2n) is 3.94. The average molecular weight is 233 g/mol. The predicted octanol–water partition coefficient (Wildman–Crippen LogP) is 4.10. The van der Waals surface area contributed by atoms with Gasteiger partial charge in [0, 0.05) is 4.88 Å². The Kier molecular flexibility index (Phi) is 2.76. The Morgan fingerprint density at radius 2 is 2.00 bits per heavy atom. The van der Waals surface area contributed by atoms with Gasteiger partial charge in [-0.3, -0.25) is 0 Å². The fourth-order valence-corrected chi connectivity index (χ4v) is 2.75. The molecule has 1 aromatic rings. The van der Waals surface area contributed by atoms with Crippen molar-refractivity contribution in [2.45, 2.75) is 27.2 Å². The Bertz CT molecular complexity index is 232. The minimum absolute atomic E-state index is 0.407. The van der Waals surface area contributed by atoms with Crippen LogP contribution in [0.1, 0.15) is 25.6 Å². The van der Waals surface area contributed by atoms with E-state index in [9.17, 15) is 0 Å². The van der Waals surface area contributed by atoms with Gasteiger partial charge in [-0.05, 0) is 39.9 Å². The maximum Gasteiger partial charge on any atom is 0.0701 e. The lowest BCUT2D eigenvalue weighted by Gasteiger charge is -2.16. The van der Waals surface area contributed by atoms with Crippen LogP contribution in [0.3, 0.4) is 0 Å². The first-order valence-corrected chi connectivity index (χ1v) is 5.32. The van der Waals surface area contributed by atoms with Crippen molar-refractivity contribution in [3.8, 4) is 0 Å². The molecule has 0 aliphatic rings. The summed E-state index contributed by atoms with van der Waals surface area (Å²) in [7, 11) is 0. The number of halogens is 1. The van der Waals surface area contributed by atoms with Gasteiger partial charge in [0.1, 0.15) is 0 Å². The summed E-state index contributed by atoms with van der Waals surface area (Å²) in [5, 5.41) is 0. The summed E-state index contributed by atoms with van der Waals surface area (Å²) >= 11 is 5.29. The van der Waals surface area contributed by atoms with Crippen LogP contribution in [0.2, 0.25) is 0 Å². The Morgan fingerprint density at radius 1 is 1.36 bits per heavy atom. The lowest BCUT2D eigenvalue weighted by molar-refractivity contribution is 0.414. The maximum absolute atomic E-state index is 3.46. The summed E-state index contributed by atoms with van der Waals surface area (Å²) in [6.45, 7) is 6.79. The van der Waals surface area contributed by atoms with Crippen molar-refractivity contribution < 1.29 is 0 Å². The third kappa shape index (κ3) is 3.39. The second-order valence-corrected chi connectivity index (χ2v) is 6.49. The summed E-state index contributed by atoms with van der Waals surface area (Å²) < 4.78 is 1.23. The molecule has 0 fully saturated rings. The second kappa shape index (κ2) is 3.28. The Labute approximate surface area is 80.8 Å². The van der Waals surface area contributed by atoms with Crippen LogP contribution in [-0.4, -0.2) is 0 Å². The van der Waals surface area contributed by atoms with Crippen molar-refractivity contribution in [1.29, 1.82) is 0 Å². The summed E-state index contributed by atoms with van der Waals surface area (Å²) in [6, 6.07) is 4.31. The molecule has 0 aromatic carbocycles. The normalized spacial score (nSPS) is 12.0. The lowest BCUT2D eigenvalue weighted by Crippen LogP contribution is -2.07. The smallest absolute Gasteiger partial charge is 0.0701 e. The molecule has 0 amide bonds. The molecule has 0 nitrogen and oxygen atoms in total. The third-order valence-corrected chi connectivity index (χ3v) is 2.96. The van der Waals surface area contributed by atoms with E-state index in [1.54, 1.807) is 0 Å². The molecule has 2 heteroatoms. The zero-order valence-corrected chi connectivity index (χ0v) is 9.55. The van der Waals surface area contributed by atoms with Crippen molar-refractivity contribution in [2.75, 3.05) is 0 Å². The molecule has 11 heavy (non-hydrogen) atoms. The van der Waals surface area contributed by atoms with E-state index in [-0.39, 0.29) is 0 Å². The molecule has 0 unspecified atom stereocenters. The zero-order valence-electron chi connectivity index (χ0n) is 7.15. The van der Waals surface area contributed by atoms with E-state index >= 15 is 0 Å². The van der Waals surface area contributed by atoms with Crippen LogP contribution in [-0.2, 0) is 6.42 Å². The Hall–Kier alpha value is 0.180. The van der Waals surface area contributed by atoms with Crippen LogP contribution in [0.4, 0.5) is 0 Å². The maximum atomic E-state index is 3.46. The quantitative estimate of drug-likeness (QED) is 0.685. The molecule has 1 aromatic heterocycles. The van der Waals surface area contributed by atoms with Crippen LogP contribution >= 0.6 is 27.3 Å². The van der Waals surface area contributed by atoms with Gasteiger partial charge >= 0.3 is 0 Å². The van der Waals surface area contributed by atoms with Gasteiger partial charge in [-0.2, -0.15) is 0 Å². The summed E-state index contributed by atoms with van der Waals surface area (Å²) in [4.78, 5) is 1.46. The van der Waals surface area contributed by atoms with E-state index in [4.69, 9.17) is 0 Å². The number of rotatable bonds is 1. The van der Waals surface area contributed by atoms with E-state index in [0.29, 0.717) is 5.41 Å². The molecule has 1 rings (SSSR count). The van der Waals surface area contributed by atoms with Crippen LogP contribution in [0.5, 0.6) is 0 Å². The summed E-state index contributed by atoms with van der Waals surface area (Å²) in [5.74, 6) is 0. The van der Waals surface area contributed by atoms with Crippen molar-refractivity contribution in [2.24, 2.45) is 5.41 Å². The zero-order chi connectivity index (χ0) is 8.48. The highest BCUT2D eigenvalue weighted by atomic mass is 79.9. The standard InChI is InChI=1S/C9H13BrS/c1-9(2,3)6-7-4-5-8(10)11-7/h4-5H,6H2,1-3H3.